The normalized spacial score (nSPS) is 13.8. The lowest BCUT2D eigenvalue weighted by Gasteiger charge is -2.18. The van der Waals surface area contributed by atoms with Gasteiger partial charge >= 0.3 is 0 Å². The Morgan fingerprint density at radius 1 is 1.15 bits per heavy atom. The lowest BCUT2D eigenvalue weighted by atomic mass is 9.92. The number of hydrogen-bond acceptors (Lipinski definition) is 6. The van der Waals surface area contributed by atoms with Gasteiger partial charge in [-0.05, 0) is 55.7 Å². The zero-order valence-electron chi connectivity index (χ0n) is 19.1. The lowest BCUT2D eigenvalue weighted by Crippen LogP contribution is -2.30. The summed E-state index contributed by atoms with van der Waals surface area (Å²) in [6, 6.07) is 5.70. The van der Waals surface area contributed by atoms with Gasteiger partial charge in [0, 0.05) is 60.9 Å². The first-order valence-electron chi connectivity index (χ1n) is 10.6. The van der Waals surface area contributed by atoms with E-state index >= 15 is 0 Å². The highest BCUT2D eigenvalue weighted by Crippen LogP contribution is 2.32. The molecule has 0 atom stereocenters. The molecule has 4 rings (SSSR count). The number of benzene rings is 1. The number of nitrogen functional groups attached to an aromatic ring is 1. The third-order valence-electron chi connectivity index (χ3n) is 5.89. The number of aromatic nitrogens is 4. The Hall–Kier alpha value is -4.07. The first-order valence-corrected chi connectivity index (χ1v) is 10.6. The minimum Gasteiger partial charge on any atom is -0.368 e. The van der Waals surface area contributed by atoms with E-state index < -0.39 is 0 Å². The van der Waals surface area contributed by atoms with Gasteiger partial charge in [-0.25, -0.2) is 9.97 Å². The molecule has 0 bridgehead atoms. The number of carbonyl (C=O) groups is 2. The first-order chi connectivity index (χ1) is 15.7. The molecule has 0 saturated carbocycles. The second-order valence-electron chi connectivity index (χ2n) is 8.30. The zero-order valence-corrected chi connectivity index (χ0v) is 19.1. The maximum atomic E-state index is 13.3. The van der Waals surface area contributed by atoms with Crippen molar-refractivity contribution in [1.82, 2.24) is 25.1 Å². The molecular weight excluding hydrogens is 416 g/mol. The molecule has 8 nitrogen and oxygen atoms in total. The summed E-state index contributed by atoms with van der Waals surface area (Å²) < 4.78 is 1.76. The fraction of sp³-hybridized carbons (Fsp3) is 0.240. The van der Waals surface area contributed by atoms with Crippen LogP contribution in [0.15, 0.2) is 59.6 Å². The Labute approximate surface area is 192 Å². The Kier molecular flexibility index (Phi) is 5.91. The van der Waals surface area contributed by atoms with Crippen LogP contribution in [0.1, 0.15) is 36.2 Å². The van der Waals surface area contributed by atoms with Crippen LogP contribution in [-0.4, -0.2) is 38.0 Å². The highest BCUT2D eigenvalue weighted by Gasteiger charge is 2.21. The molecule has 0 saturated heterocycles. The van der Waals surface area contributed by atoms with E-state index in [1.165, 1.54) is 0 Å². The fourth-order valence-electron chi connectivity index (χ4n) is 4.10. The van der Waals surface area contributed by atoms with Crippen molar-refractivity contribution in [2.24, 2.45) is 7.05 Å². The molecule has 8 heteroatoms. The minimum absolute atomic E-state index is 0.0490. The Morgan fingerprint density at radius 2 is 1.88 bits per heavy atom. The summed E-state index contributed by atoms with van der Waals surface area (Å²) in [5.74, 6) is -0.0258. The standard InChI is InChI=1S/C25H26N6O2/c1-14-7-15(2)21(23(32)8-14)13-27-24(33)20-10-17(18-11-28-25(26)29-12-18)9-19(16(20)3)22-5-6-30-31(22)4/h5-7,9-12H,8,13H2,1-4H3,(H,27,33)(H2,26,28,29). The van der Waals surface area contributed by atoms with Gasteiger partial charge in [0.05, 0.1) is 5.69 Å². The number of allylic oxidation sites excluding steroid dienone is 3. The fourth-order valence-corrected chi connectivity index (χ4v) is 4.10. The van der Waals surface area contributed by atoms with E-state index in [2.05, 4.69) is 20.4 Å². The van der Waals surface area contributed by atoms with Crippen molar-refractivity contribution in [3.63, 3.8) is 0 Å². The van der Waals surface area contributed by atoms with E-state index in [-0.39, 0.29) is 24.2 Å². The summed E-state index contributed by atoms with van der Waals surface area (Å²) in [5, 5.41) is 7.21. The quantitative estimate of drug-likeness (QED) is 0.626. The third-order valence-corrected chi connectivity index (χ3v) is 5.89. The van der Waals surface area contributed by atoms with E-state index in [4.69, 9.17) is 5.73 Å². The largest absolute Gasteiger partial charge is 0.368 e. The summed E-state index contributed by atoms with van der Waals surface area (Å²) in [5.41, 5.74) is 12.8. The van der Waals surface area contributed by atoms with Gasteiger partial charge < -0.3 is 11.1 Å². The summed E-state index contributed by atoms with van der Waals surface area (Å²) in [7, 11) is 1.85. The van der Waals surface area contributed by atoms with E-state index in [9.17, 15) is 9.59 Å². The number of nitrogens with zero attached hydrogens (tertiary/aromatic N) is 4. The average molecular weight is 443 g/mol. The van der Waals surface area contributed by atoms with Crippen molar-refractivity contribution < 1.29 is 9.59 Å². The number of ketones is 1. The molecule has 3 aromatic rings. The van der Waals surface area contributed by atoms with Crippen LogP contribution in [0.25, 0.3) is 22.4 Å². The smallest absolute Gasteiger partial charge is 0.251 e. The molecule has 0 aliphatic heterocycles. The molecule has 1 aliphatic rings. The number of amides is 1. The van der Waals surface area contributed by atoms with Crippen LogP contribution in [0.3, 0.4) is 0 Å². The van der Waals surface area contributed by atoms with Gasteiger partial charge in [0.15, 0.2) is 5.78 Å². The summed E-state index contributed by atoms with van der Waals surface area (Å²) in [4.78, 5) is 33.9. The Morgan fingerprint density at radius 3 is 2.52 bits per heavy atom. The van der Waals surface area contributed by atoms with E-state index in [1.807, 2.05) is 52.1 Å². The van der Waals surface area contributed by atoms with Crippen LogP contribution in [0.5, 0.6) is 0 Å². The third kappa shape index (κ3) is 4.45. The molecule has 0 fully saturated rings. The maximum absolute atomic E-state index is 13.3. The van der Waals surface area contributed by atoms with Gasteiger partial charge in [0.1, 0.15) is 0 Å². The minimum atomic E-state index is -0.256. The first kappa shape index (κ1) is 22.1. The van der Waals surface area contributed by atoms with Gasteiger partial charge in [-0.1, -0.05) is 11.6 Å². The molecule has 0 spiro atoms. The maximum Gasteiger partial charge on any atom is 0.251 e. The van der Waals surface area contributed by atoms with Crippen LogP contribution in [0, 0.1) is 6.92 Å². The van der Waals surface area contributed by atoms with Crippen LogP contribution < -0.4 is 11.1 Å². The van der Waals surface area contributed by atoms with Crippen LogP contribution >= 0.6 is 0 Å². The van der Waals surface area contributed by atoms with Gasteiger partial charge in [-0.15, -0.1) is 0 Å². The molecule has 168 valence electrons. The average Bonchev–Trinajstić information content (AvgIpc) is 3.19. The molecule has 33 heavy (non-hydrogen) atoms. The number of aryl methyl sites for hydroxylation is 1. The number of hydrogen-bond donors (Lipinski definition) is 2. The van der Waals surface area contributed by atoms with E-state index in [0.717, 1.165) is 39.1 Å². The number of anilines is 1. The van der Waals surface area contributed by atoms with Crippen LogP contribution in [0.4, 0.5) is 5.95 Å². The summed E-state index contributed by atoms with van der Waals surface area (Å²) >= 11 is 0. The molecular formula is C25H26N6O2. The van der Waals surface area contributed by atoms with Crippen molar-refractivity contribution in [3.05, 3.63) is 70.7 Å². The molecule has 2 heterocycles. The molecule has 3 N–H and O–H groups in total. The SMILES string of the molecule is CC1=CC(C)=C(CNC(=O)c2cc(-c3cnc(N)nc3)cc(-c3ccnn3C)c2C)C(=O)C1. The van der Waals surface area contributed by atoms with Gasteiger partial charge in [-0.2, -0.15) is 5.10 Å². The summed E-state index contributed by atoms with van der Waals surface area (Å²) in [6.45, 7) is 5.92. The highest BCUT2D eigenvalue weighted by molar-refractivity contribution is 6.02. The Balaban J connectivity index is 1.74. The number of Topliss-reactive ketones (excluding diaryl/α,β-unsaturated/α-hetero) is 1. The van der Waals surface area contributed by atoms with Crippen LogP contribution in [-0.2, 0) is 11.8 Å². The molecule has 2 aromatic heterocycles. The van der Waals surface area contributed by atoms with Gasteiger partial charge in [0.2, 0.25) is 5.95 Å². The monoisotopic (exact) mass is 442 g/mol. The van der Waals surface area contributed by atoms with Crippen molar-refractivity contribution in [2.75, 3.05) is 12.3 Å². The zero-order chi connectivity index (χ0) is 23.7. The van der Waals surface area contributed by atoms with Crippen molar-refractivity contribution in [3.8, 4) is 22.4 Å². The topological polar surface area (TPSA) is 116 Å². The highest BCUT2D eigenvalue weighted by atomic mass is 16.2. The predicted molar refractivity (Wildman–Crippen MR) is 127 cm³/mol. The molecule has 0 unspecified atom stereocenters. The molecule has 1 aliphatic carbocycles. The van der Waals surface area contributed by atoms with Crippen LogP contribution in [0.2, 0.25) is 0 Å². The van der Waals surface area contributed by atoms with Gasteiger partial charge in [0.25, 0.3) is 5.91 Å². The number of rotatable bonds is 5. The Bertz CT molecular complexity index is 1320. The van der Waals surface area contributed by atoms with Crippen molar-refractivity contribution in [1.29, 1.82) is 0 Å². The second-order valence-corrected chi connectivity index (χ2v) is 8.30. The number of nitrogens with one attached hydrogen (secondary N) is 1. The second kappa shape index (κ2) is 8.82. The van der Waals surface area contributed by atoms with Crippen molar-refractivity contribution in [2.45, 2.75) is 27.2 Å². The predicted octanol–water partition coefficient (Wildman–Crippen LogP) is 3.40. The lowest BCUT2D eigenvalue weighted by molar-refractivity contribution is -0.115. The van der Waals surface area contributed by atoms with E-state index in [1.54, 1.807) is 23.3 Å². The number of carbonyl (C=O) groups excluding carboxylic acids is 2. The summed E-state index contributed by atoms with van der Waals surface area (Å²) in [6.07, 6.45) is 7.36. The van der Waals surface area contributed by atoms with E-state index in [0.29, 0.717) is 17.6 Å². The molecule has 1 amide bonds. The molecule has 1 aromatic carbocycles. The van der Waals surface area contributed by atoms with Crippen molar-refractivity contribution >= 4 is 17.6 Å². The molecule has 0 radical (unpaired) electrons. The number of nitrogens with two attached hydrogens (primary N) is 1. The van der Waals surface area contributed by atoms with Gasteiger partial charge in [-0.3, -0.25) is 14.3 Å².